The molecule has 0 aliphatic carbocycles. The lowest BCUT2D eigenvalue weighted by Crippen LogP contribution is -2.24. The zero-order chi connectivity index (χ0) is 21.0. The number of rotatable bonds is 5. The summed E-state index contributed by atoms with van der Waals surface area (Å²) in [6.07, 6.45) is 3.67. The second-order valence-electron chi connectivity index (χ2n) is 7.69. The van der Waals surface area contributed by atoms with E-state index >= 15 is 0 Å². The van der Waals surface area contributed by atoms with Crippen LogP contribution in [-0.2, 0) is 11.2 Å². The van der Waals surface area contributed by atoms with E-state index in [1.807, 2.05) is 54.6 Å². The van der Waals surface area contributed by atoms with Crippen molar-refractivity contribution >= 4 is 17.0 Å². The molecule has 1 atom stereocenters. The Morgan fingerprint density at radius 1 is 0.903 bits per heavy atom. The molecule has 0 radical (unpaired) electrons. The van der Waals surface area contributed by atoms with Gasteiger partial charge in [-0.05, 0) is 54.8 Å². The minimum Gasteiger partial charge on any atom is -0.465 e. The van der Waals surface area contributed by atoms with Gasteiger partial charge in [-0.3, -0.25) is 0 Å². The first-order valence-electron chi connectivity index (χ1n) is 10.6. The van der Waals surface area contributed by atoms with Crippen molar-refractivity contribution in [2.24, 2.45) is 0 Å². The van der Waals surface area contributed by atoms with Crippen LogP contribution in [0, 0.1) is 0 Å². The number of nitrogen functional groups attached to an aromatic ring is 1. The van der Waals surface area contributed by atoms with Gasteiger partial charge in [0.15, 0.2) is 6.29 Å². The molecule has 2 aromatic carbocycles. The molecule has 0 bridgehead atoms. The fourth-order valence-corrected chi connectivity index (χ4v) is 3.83. The highest BCUT2D eigenvalue weighted by Crippen LogP contribution is 2.26. The van der Waals surface area contributed by atoms with E-state index in [-0.39, 0.29) is 12.2 Å². The van der Waals surface area contributed by atoms with E-state index in [0.717, 1.165) is 65.2 Å². The molecule has 6 nitrogen and oxygen atoms in total. The number of pyridine rings is 1. The molecule has 31 heavy (non-hydrogen) atoms. The Labute approximate surface area is 181 Å². The Morgan fingerprint density at radius 2 is 1.74 bits per heavy atom. The number of aromatic nitrogens is 3. The molecular formula is C25H24N4O2. The summed E-state index contributed by atoms with van der Waals surface area (Å²) in [7, 11) is 0. The third-order valence-electron chi connectivity index (χ3n) is 5.40. The zero-order valence-corrected chi connectivity index (χ0v) is 17.2. The number of fused-ring (bicyclic) bond motifs is 1. The lowest BCUT2D eigenvalue weighted by Gasteiger charge is -2.23. The van der Waals surface area contributed by atoms with Gasteiger partial charge < -0.3 is 15.2 Å². The van der Waals surface area contributed by atoms with Gasteiger partial charge in [-0.15, -0.1) is 0 Å². The molecule has 0 amide bonds. The van der Waals surface area contributed by atoms with Crippen LogP contribution >= 0.6 is 0 Å². The summed E-state index contributed by atoms with van der Waals surface area (Å²) in [4.78, 5) is 13.7. The van der Waals surface area contributed by atoms with Crippen molar-refractivity contribution in [1.29, 1.82) is 0 Å². The van der Waals surface area contributed by atoms with Gasteiger partial charge in [0.1, 0.15) is 11.3 Å². The van der Waals surface area contributed by atoms with Crippen LogP contribution in [0.15, 0.2) is 66.7 Å². The van der Waals surface area contributed by atoms with Crippen LogP contribution in [0.1, 0.15) is 30.5 Å². The molecular weight excluding hydrogens is 388 g/mol. The average Bonchev–Trinajstić information content (AvgIpc) is 2.81. The van der Waals surface area contributed by atoms with Gasteiger partial charge in [0, 0.05) is 18.4 Å². The number of nitrogens with two attached hydrogens (primary N) is 1. The molecule has 6 heteroatoms. The topological polar surface area (TPSA) is 83.2 Å². The van der Waals surface area contributed by atoms with E-state index in [2.05, 4.69) is 22.1 Å². The van der Waals surface area contributed by atoms with E-state index in [1.165, 1.54) is 0 Å². The number of anilines is 1. The minimum atomic E-state index is -0.151. The van der Waals surface area contributed by atoms with E-state index in [0.29, 0.717) is 6.42 Å². The van der Waals surface area contributed by atoms with E-state index in [9.17, 15) is 0 Å². The maximum Gasteiger partial charge on any atom is 0.220 e. The van der Waals surface area contributed by atoms with E-state index < -0.39 is 0 Å². The molecule has 3 heterocycles. The molecule has 2 N–H and O–H groups in total. The molecule has 1 saturated heterocycles. The summed E-state index contributed by atoms with van der Waals surface area (Å²) in [5, 5.41) is 0. The second-order valence-corrected chi connectivity index (χ2v) is 7.69. The molecule has 156 valence electrons. The maximum atomic E-state index is 5.95. The van der Waals surface area contributed by atoms with Gasteiger partial charge in [0.2, 0.25) is 5.95 Å². The van der Waals surface area contributed by atoms with Crippen LogP contribution in [0.2, 0.25) is 0 Å². The van der Waals surface area contributed by atoms with Crippen molar-refractivity contribution in [1.82, 2.24) is 15.0 Å². The van der Waals surface area contributed by atoms with Crippen LogP contribution in [0.3, 0.4) is 0 Å². The highest BCUT2D eigenvalue weighted by atomic mass is 16.7. The van der Waals surface area contributed by atoms with E-state index in [4.69, 9.17) is 20.2 Å². The minimum absolute atomic E-state index is 0.151. The fourth-order valence-electron chi connectivity index (χ4n) is 3.83. The molecule has 1 aliphatic rings. The molecule has 2 aromatic heterocycles. The van der Waals surface area contributed by atoms with Gasteiger partial charge in [0.25, 0.3) is 0 Å². The number of hydrogen-bond acceptors (Lipinski definition) is 6. The maximum absolute atomic E-state index is 5.95. The fraction of sp³-hybridized carbons (Fsp3) is 0.240. The zero-order valence-electron chi connectivity index (χ0n) is 17.2. The Hall–Kier alpha value is -3.51. The summed E-state index contributed by atoms with van der Waals surface area (Å²) in [5.74, 6) is 1.07. The third kappa shape index (κ3) is 4.49. The SMILES string of the molecule is Nc1nc(Cc2ccccc2)c2nc(-c3ccc(OC4CCCCO4)cc3)ccc2n1. The Balaban J connectivity index is 1.43. The van der Waals surface area contributed by atoms with Gasteiger partial charge in [-0.2, -0.15) is 0 Å². The number of benzene rings is 2. The molecule has 1 fully saturated rings. The lowest BCUT2D eigenvalue weighted by molar-refractivity contribution is -0.105. The summed E-state index contributed by atoms with van der Waals surface area (Å²) in [5.41, 5.74) is 11.3. The third-order valence-corrected chi connectivity index (χ3v) is 5.40. The average molecular weight is 412 g/mol. The van der Waals surface area contributed by atoms with Gasteiger partial charge in [-0.25, -0.2) is 15.0 Å². The van der Waals surface area contributed by atoms with E-state index in [1.54, 1.807) is 0 Å². The number of hydrogen-bond donors (Lipinski definition) is 1. The smallest absolute Gasteiger partial charge is 0.220 e. The molecule has 0 saturated carbocycles. The van der Waals surface area contributed by atoms with Crippen molar-refractivity contribution in [3.63, 3.8) is 0 Å². The number of ether oxygens (including phenoxy) is 2. The van der Waals surface area contributed by atoms with Crippen LogP contribution < -0.4 is 10.5 Å². The molecule has 1 unspecified atom stereocenters. The summed E-state index contributed by atoms with van der Waals surface area (Å²) in [6, 6.07) is 22.0. The van der Waals surface area contributed by atoms with Gasteiger partial charge in [-0.1, -0.05) is 30.3 Å². The number of nitrogens with zero attached hydrogens (tertiary/aromatic N) is 3. The van der Waals surface area contributed by atoms with Crippen molar-refractivity contribution in [3.8, 4) is 17.0 Å². The first kappa shape index (κ1) is 19.5. The highest BCUT2D eigenvalue weighted by molar-refractivity contribution is 5.81. The Morgan fingerprint density at radius 3 is 2.52 bits per heavy atom. The van der Waals surface area contributed by atoms with Crippen molar-refractivity contribution in [3.05, 3.63) is 78.0 Å². The Kier molecular flexibility index (Phi) is 5.46. The Bertz CT molecular complexity index is 1170. The normalized spacial score (nSPS) is 16.3. The predicted octanol–water partition coefficient (Wildman–Crippen LogP) is 4.77. The molecule has 5 rings (SSSR count). The van der Waals surface area contributed by atoms with Crippen molar-refractivity contribution in [2.75, 3.05) is 12.3 Å². The van der Waals surface area contributed by atoms with Crippen LogP contribution in [-0.4, -0.2) is 27.8 Å². The summed E-state index contributed by atoms with van der Waals surface area (Å²) >= 11 is 0. The second kappa shape index (κ2) is 8.70. The predicted molar refractivity (Wildman–Crippen MR) is 121 cm³/mol. The van der Waals surface area contributed by atoms with Crippen LogP contribution in [0.25, 0.3) is 22.3 Å². The van der Waals surface area contributed by atoms with Crippen LogP contribution in [0.5, 0.6) is 5.75 Å². The van der Waals surface area contributed by atoms with Crippen molar-refractivity contribution < 1.29 is 9.47 Å². The van der Waals surface area contributed by atoms with Crippen LogP contribution in [0.4, 0.5) is 5.95 Å². The van der Waals surface area contributed by atoms with Gasteiger partial charge >= 0.3 is 0 Å². The first-order chi connectivity index (χ1) is 15.2. The monoisotopic (exact) mass is 412 g/mol. The summed E-state index contributed by atoms with van der Waals surface area (Å²) in [6.45, 7) is 0.766. The first-order valence-corrected chi connectivity index (χ1v) is 10.6. The lowest BCUT2D eigenvalue weighted by atomic mass is 10.1. The standard InChI is InChI=1S/C25H24N4O2/c26-25-28-21-14-13-20(27-24(21)22(29-25)16-17-6-2-1-3-7-17)18-9-11-19(12-10-18)31-23-8-4-5-15-30-23/h1-3,6-7,9-14,23H,4-5,8,15-16H2,(H2,26,28,29). The molecule has 1 aliphatic heterocycles. The summed E-state index contributed by atoms with van der Waals surface area (Å²) < 4.78 is 11.6. The largest absolute Gasteiger partial charge is 0.465 e. The highest BCUT2D eigenvalue weighted by Gasteiger charge is 2.15. The van der Waals surface area contributed by atoms with Gasteiger partial charge in [0.05, 0.1) is 23.5 Å². The molecule has 0 spiro atoms. The quantitative estimate of drug-likeness (QED) is 0.508. The van der Waals surface area contributed by atoms with Crippen molar-refractivity contribution in [2.45, 2.75) is 32.0 Å². The molecule has 4 aromatic rings.